The number of hydrogen-bond donors (Lipinski definition) is 3. The summed E-state index contributed by atoms with van der Waals surface area (Å²) in [6.45, 7) is 0.125. The van der Waals surface area contributed by atoms with Gasteiger partial charge in [-0.2, -0.15) is 18.2 Å². The van der Waals surface area contributed by atoms with E-state index in [0.717, 1.165) is 11.8 Å². The quantitative estimate of drug-likeness (QED) is 0.604. The summed E-state index contributed by atoms with van der Waals surface area (Å²) in [5.41, 5.74) is 1.83. The zero-order valence-electron chi connectivity index (χ0n) is 14.9. The molecule has 3 heterocycles. The van der Waals surface area contributed by atoms with E-state index in [-0.39, 0.29) is 30.6 Å². The number of rotatable bonds is 5. The average molecular weight is 400 g/mol. The fourth-order valence-electron chi connectivity index (χ4n) is 2.91. The molecule has 2 aromatic heterocycles. The van der Waals surface area contributed by atoms with Gasteiger partial charge in [-0.05, 0) is 35.4 Å². The van der Waals surface area contributed by atoms with E-state index in [2.05, 4.69) is 30.9 Å². The lowest BCUT2D eigenvalue weighted by Gasteiger charge is -2.15. The minimum Gasteiger partial charge on any atom is -0.365 e. The number of carbonyl (C=O) groups is 1. The molecular weight excluding hydrogens is 385 g/mol. The van der Waals surface area contributed by atoms with E-state index in [9.17, 15) is 18.0 Å². The summed E-state index contributed by atoms with van der Waals surface area (Å²) >= 11 is 0. The maximum absolute atomic E-state index is 13.3. The zero-order valence-corrected chi connectivity index (χ0v) is 14.9. The van der Waals surface area contributed by atoms with Crippen molar-refractivity contribution in [2.45, 2.75) is 19.1 Å². The van der Waals surface area contributed by atoms with Gasteiger partial charge in [0.2, 0.25) is 11.9 Å². The molecule has 4 rings (SSSR count). The van der Waals surface area contributed by atoms with E-state index in [1.54, 1.807) is 42.7 Å². The molecule has 0 saturated heterocycles. The van der Waals surface area contributed by atoms with Crippen molar-refractivity contribution in [3.05, 3.63) is 65.6 Å². The maximum atomic E-state index is 13.3. The van der Waals surface area contributed by atoms with Crippen molar-refractivity contribution in [3.63, 3.8) is 0 Å². The van der Waals surface area contributed by atoms with Crippen molar-refractivity contribution < 1.29 is 18.0 Å². The van der Waals surface area contributed by atoms with E-state index in [1.807, 2.05) is 0 Å². The number of anilines is 4. The topological polar surface area (TPSA) is 91.8 Å². The van der Waals surface area contributed by atoms with Crippen LogP contribution in [0.2, 0.25) is 0 Å². The molecule has 1 aliphatic heterocycles. The van der Waals surface area contributed by atoms with Gasteiger partial charge in [-0.3, -0.25) is 9.78 Å². The third kappa shape index (κ3) is 4.26. The van der Waals surface area contributed by atoms with Gasteiger partial charge in [-0.1, -0.05) is 6.07 Å². The van der Waals surface area contributed by atoms with Gasteiger partial charge in [0.1, 0.15) is 11.4 Å². The molecule has 1 amide bonds. The molecule has 0 fully saturated rings. The molecule has 148 valence electrons. The SMILES string of the molecule is O=C1Cc2cc(Nc3ncc(C(F)(F)F)c(NCc4cccnc4)n3)ccc2N1. The van der Waals surface area contributed by atoms with Gasteiger partial charge in [-0.15, -0.1) is 0 Å². The lowest BCUT2D eigenvalue weighted by Crippen LogP contribution is -2.14. The molecule has 0 atom stereocenters. The van der Waals surface area contributed by atoms with E-state index in [4.69, 9.17) is 0 Å². The van der Waals surface area contributed by atoms with Crippen LogP contribution in [0, 0.1) is 0 Å². The summed E-state index contributed by atoms with van der Waals surface area (Å²) in [4.78, 5) is 23.2. The largest absolute Gasteiger partial charge is 0.421 e. The number of aromatic nitrogens is 3. The molecule has 0 bridgehead atoms. The average Bonchev–Trinajstić information content (AvgIpc) is 3.06. The lowest BCUT2D eigenvalue weighted by atomic mass is 10.1. The predicted octanol–water partition coefficient (Wildman–Crippen LogP) is 3.74. The van der Waals surface area contributed by atoms with Crippen LogP contribution in [0.15, 0.2) is 48.9 Å². The summed E-state index contributed by atoms with van der Waals surface area (Å²) in [5, 5.41) is 8.30. The highest BCUT2D eigenvalue weighted by molar-refractivity contribution is 5.99. The van der Waals surface area contributed by atoms with Gasteiger partial charge in [0, 0.05) is 36.5 Å². The van der Waals surface area contributed by atoms with E-state index < -0.39 is 11.7 Å². The molecule has 3 N–H and O–H groups in total. The zero-order chi connectivity index (χ0) is 20.4. The Hall–Kier alpha value is -3.69. The number of nitrogens with zero attached hydrogens (tertiary/aromatic N) is 3. The first-order valence-electron chi connectivity index (χ1n) is 8.65. The van der Waals surface area contributed by atoms with Crippen LogP contribution >= 0.6 is 0 Å². The predicted molar refractivity (Wildman–Crippen MR) is 101 cm³/mol. The van der Waals surface area contributed by atoms with Crippen LogP contribution in [0.1, 0.15) is 16.7 Å². The second kappa shape index (κ2) is 7.38. The number of pyridine rings is 1. The molecule has 0 unspecified atom stereocenters. The highest BCUT2D eigenvalue weighted by Gasteiger charge is 2.35. The van der Waals surface area contributed by atoms with Gasteiger partial charge in [0.25, 0.3) is 0 Å². The highest BCUT2D eigenvalue weighted by atomic mass is 19.4. The Kier molecular flexibility index (Phi) is 4.75. The Bertz CT molecular complexity index is 1060. The van der Waals surface area contributed by atoms with Gasteiger partial charge in [-0.25, -0.2) is 4.98 Å². The molecule has 3 aromatic rings. The number of halogens is 3. The first kappa shape index (κ1) is 18.7. The Balaban J connectivity index is 1.58. The first-order valence-corrected chi connectivity index (χ1v) is 8.65. The number of alkyl halides is 3. The third-order valence-electron chi connectivity index (χ3n) is 4.26. The van der Waals surface area contributed by atoms with Gasteiger partial charge in [0.15, 0.2) is 0 Å². The summed E-state index contributed by atoms with van der Waals surface area (Å²) in [5.74, 6) is -0.439. The number of amides is 1. The van der Waals surface area contributed by atoms with Gasteiger partial charge < -0.3 is 16.0 Å². The first-order chi connectivity index (χ1) is 13.9. The van der Waals surface area contributed by atoms with Crippen LogP contribution in [-0.4, -0.2) is 20.9 Å². The fourth-order valence-corrected chi connectivity index (χ4v) is 2.91. The molecule has 10 heteroatoms. The second-order valence-corrected chi connectivity index (χ2v) is 6.39. The molecule has 0 spiro atoms. The smallest absolute Gasteiger partial charge is 0.365 e. The number of carbonyl (C=O) groups excluding carboxylic acids is 1. The molecule has 0 radical (unpaired) electrons. The summed E-state index contributed by atoms with van der Waals surface area (Å²) < 4.78 is 40.0. The Morgan fingerprint density at radius 2 is 2.03 bits per heavy atom. The van der Waals surface area contributed by atoms with Crippen LogP contribution in [0.3, 0.4) is 0 Å². The fraction of sp³-hybridized carbons (Fsp3) is 0.158. The molecule has 29 heavy (non-hydrogen) atoms. The number of nitrogens with one attached hydrogen (secondary N) is 3. The van der Waals surface area contributed by atoms with Crippen molar-refractivity contribution in [2.24, 2.45) is 0 Å². The van der Waals surface area contributed by atoms with Crippen molar-refractivity contribution in [3.8, 4) is 0 Å². The minimum absolute atomic E-state index is 0.00363. The summed E-state index contributed by atoms with van der Waals surface area (Å²) in [6.07, 6.45) is -0.483. The standard InChI is InChI=1S/C19H15F3N6O/c20-19(21,22)14-10-25-18(28-17(14)24-9-11-2-1-5-23-8-11)26-13-3-4-15-12(6-13)7-16(29)27-15/h1-6,8,10H,7,9H2,(H,27,29)(H2,24,25,26,28). The Labute approximate surface area is 163 Å². The second-order valence-electron chi connectivity index (χ2n) is 6.39. The van der Waals surface area contributed by atoms with E-state index in [1.165, 1.54) is 0 Å². The number of hydrogen-bond acceptors (Lipinski definition) is 6. The van der Waals surface area contributed by atoms with E-state index >= 15 is 0 Å². The third-order valence-corrected chi connectivity index (χ3v) is 4.26. The normalized spacial score (nSPS) is 13.0. The molecule has 0 saturated carbocycles. The van der Waals surface area contributed by atoms with Gasteiger partial charge in [0.05, 0.1) is 6.42 Å². The monoisotopic (exact) mass is 400 g/mol. The number of benzene rings is 1. The van der Waals surface area contributed by atoms with Crippen molar-refractivity contribution in [1.82, 2.24) is 15.0 Å². The highest BCUT2D eigenvalue weighted by Crippen LogP contribution is 2.34. The van der Waals surface area contributed by atoms with Crippen LogP contribution in [0.25, 0.3) is 0 Å². The van der Waals surface area contributed by atoms with Gasteiger partial charge >= 0.3 is 6.18 Å². The van der Waals surface area contributed by atoms with Crippen LogP contribution in [-0.2, 0) is 23.9 Å². The molecular formula is C19H15F3N6O. The van der Waals surface area contributed by atoms with Crippen molar-refractivity contribution >= 4 is 29.0 Å². The van der Waals surface area contributed by atoms with Crippen LogP contribution in [0.5, 0.6) is 0 Å². The van der Waals surface area contributed by atoms with Crippen molar-refractivity contribution in [1.29, 1.82) is 0 Å². The molecule has 1 aromatic carbocycles. The van der Waals surface area contributed by atoms with Crippen LogP contribution < -0.4 is 16.0 Å². The Morgan fingerprint density at radius 1 is 1.17 bits per heavy atom. The van der Waals surface area contributed by atoms with E-state index in [0.29, 0.717) is 16.9 Å². The molecule has 1 aliphatic rings. The maximum Gasteiger partial charge on any atom is 0.421 e. The minimum atomic E-state index is -4.60. The molecule has 7 nitrogen and oxygen atoms in total. The van der Waals surface area contributed by atoms with Crippen molar-refractivity contribution in [2.75, 3.05) is 16.0 Å². The lowest BCUT2D eigenvalue weighted by molar-refractivity contribution is -0.137. The summed E-state index contributed by atoms with van der Waals surface area (Å²) in [6, 6.07) is 8.58. The van der Waals surface area contributed by atoms with Crippen LogP contribution in [0.4, 0.5) is 36.3 Å². The number of fused-ring (bicyclic) bond motifs is 1. The summed E-state index contributed by atoms with van der Waals surface area (Å²) in [7, 11) is 0. The molecule has 0 aliphatic carbocycles. The Morgan fingerprint density at radius 3 is 2.79 bits per heavy atom.